The fraction of sp³-hybridized carbons (Fsp3) is 0.500. The number of aromatic amines is 1. The SMILES string of the molecule is COc1ccc2[nH]c(CNC(=O)CN3CC[C@@H](N(C)C)C3)cc2c1. The third kappa shape index (κ3) is 3.88. The van der Waals surface area contributed by atoms with Crippen LogP contribution in [0.3, 0.4) is 0 Å². The van der Waals surface area contributed by atoms with Gasteiger partial charge in [0.2, 0.25) is 5.91 Å². The van der Waals surface area contributed by atoms with Gasteiger partial charge in [0.1, 0.15) is 5.75 Å². The van der Waals surface area contributed by atoms with Crippen molar-refractivity contribution >= 4 is 16.8 Å². The number of aromatic nitrogens is 1. The van der Waals surface area contributed by atoms with Gasteiger partial charge in [0.15, 0.2) is 0 Å². The number of hydrogen-bond donors (Lipinski definition) is 2. The van der Waals surface area contributed by atoms with Crippen molar-refractivity contribution in [2.24, 2.45) is 0 Å². The zero-order chi connectivity index (χ0) is 17.1. The van der Waals surface area contributed by atoms with E-state index in [4.69, 9.17) is 4.74 Å². The van der Waals surface area contributed by atoms with Crippen molar-refractivity contribution < 1.29 is 9.53 Å². The van der Waals surface area contributed by atoms with E-state index < -0.39 is 0 Å². The minimum absolute atomic E-state index is 0.0747. The van der Waals surface area contributed by atoms with Crippen LogP contribution in [0, 0.1) is 0 Å². The van der Waals surface area contributed by atoms with Gasteiger partial charge in [-0.05, 0) is 44.8 Å². The second kappa shape index (κ2) is 7.23. The Labute approximate surface area is 142 Å². The number of H-pyrrole nitrogens is 1. The molecule has 1 aromatic heterocycles. The van der Waals surface area contributed by atoms with Gasteiger partial charge in [-0.15, -0.1) is 0 Å². The highest BCUT2D eigenvalue weighted by atomic mass is 16.5. The molecule has 1 amide bonds. The van der Waals surface area contributed by atoms with Crippen LogP contribution >= 0.6 is 0 Å². The fourth-order valence-electron chi connectivity index (χ4n) is 3.22. The standard InChI is InChI=1S/C18H26N4O2/c1-21(2)15-6-7-22(11-15)12-18(23)19-10-14-8-13-9-16(24-3)4-5-17(13)20-14/h4-5,8-9,15,20H,6-7,10-12H2,1-3H3,(H,19,23)/t15-/m1/s1. The van der Waals surface area contributed by atoms with Crippen molar-refractivity contribution in [3.05, 3.63) is 30.0 Å². The van der Waals surface area contributed by atoms with Crippen molar-refractivity contribution in [2.45, 2.75) is 19.0 Å². The Bertz CT molecular complexity index is 710. The lowest BCUT2D eigenvalue weighted by Gasteiger charge is -2.20. The first-order valence-electron chi connectivity index (χ1n) is 8.36. The third-order valence-electron chi connectivity index (χ3n) is 4.70. The van der Waals surface area contributed by atoms with Crippen molar-refractivity contribution in [3.8, 4) is 5.75 Å². The second-order valence-electron chi connectivity index (χ2n) is 6.67. The molecule has 1 atom stereocenters. The predicted octanol–water partition coefficient (Wildman–Crippen LogP) is 1.43. The van der Waals surface area contributed by atoms with E-state index in [1.807, 2.05) is 18.2 Å². The summed E-state index contributed by atoms with van der Waals surface area (Å²) in [4.78, 5) is 19.9. The second-order valence-corrected chi connectivity index (χ2v) is 6.67. The normalized spacial score (nSPS) is 18.4. The number of amides is 1. The summed E-state index contributed by atoms with van der Waals surface area (Å²) in [6.07, 6.45) is 1.13. The van der Waals surface area contributed by atoms with Crippen molar-refractivity contribution in [1.29, 1.82) is 0 Å². The molecule has 2 heterocycles. The summed E-state index contributed by atoms with van der Waals surface area (Å²) in [6.45, 7) is 2.94. The van der Waals surface area contributed by atoms with Gasteiger partial charge in [-0.2, -0.15) is 0 Å². The van der Waals surface area contributed by atoms with Gasteiger partial charge in [-0.3, -0.25) is 9.69 Å². The summed E-state index contributed by atoms with van der Waals surface area (Å²) in [7, 11) is 5.85. The lowest BCUT2D eigenvalue weighted by Crippen LogP contribution is -2.38. The van der Waals surface area contributed by atoms with Gasteiger partial charge in [-0.25, -0.2) is 0 Å². The van der Waals surface area contributed by atoms with E-state index in [-0.39, 0.29) is 5.91 Å². The molecule has 0 bridgehead atoms. The lowest BCUT2D eigenvalue weighted by atomic mass is 10.2. The summed E-state index contributed by atoms with van der Waals surface area (Å²) in [5.74, 6) is 0.909. The average molecular weight is 330 g/mol. The number of hydrogen-bond acceptors (Lipinski definition) is 4. The maximum absolute atomic E-state index is 12.2. The Hall–Kier alpha value is -2.05. The van der Waals surface area contributed by atoms with Crippen molar-refractivity contribution in [1.82, 2.24) is 20.1 Å². The molecule has 24 heavy (non-hydrogen) atoms. The molecular formula is C18H26N4O2. The van der Waals surface area contributed by atoms with Crippen LogP contribution in [0.25, 0.3) is 10.9 Å². The Balaban J connectivity index is 1.51. The van der Waals surface area contributed by atoms with Gasteiger partial charge < -0.3 is 19.9 Å². The van der Waals surface area contributed by atoms with Crippen LogP contribution in [0.5, 0.6) is 5.75 Å². The van der Waals surface area contributed by atoms with Crippen LogP contribution in [0.15, 0.2) is 24.3 Å². The summed E-state index contributed by atoms with van der Waals surface area (Å²) < 4.78 is 5.24. The third-order valence-corrected chi connectivity index (χ3v) is 4.70. The zero-order valence-corrected chi connectivity index (χ0v) is 14.6. The molecule has 3 rings (SSSR count). The first kappa shape index (κ1) is 16.8. The van der Waals surface area contributed by atoms with Crippen molar-refractivity contribution in [2.75, 3.05) is 40.8 Å². The molecule has 1 aliphatic rings. The van der Waals surface area contributed by atoms with Crippen LogP contribution in [0.2, 0.25) is 0 Å². The number of rotatable bonds is 6. The van der Waals surface area contributed by atoms with E-state index in [1.54, 1.807) is 7.11 Å². The summed E-state index contributed by atoms with van der Waals surface area (Å²) in [6, 6.07) is 8.51. The molecule has 0 aliphatic carbocycles. The largest absolute Gasteiger partial charge is 0.497 e. The minimum Gasteiger partial charge on any atom is -0.497 e. The molecule has 1 aromatic carbocycles. The Morgan fingerprint density at radius 3 is 2.96 bits per heavy atom. The van der Waals surface area contributed by atoms with Crippen LogP contribution in [-0.2, 0) is 11.3 Å². The molecule has 0 radical (unpaired) electrons. The molecule has 6 heteroatoms. The highest BCUT2D eigenvalue weighted by Gasteiger charge is 2.25. The van der Waals surface area contributed by atoms with E-state index in [9.17, 15) is 4.79 Å². The molecule has 2 aromatic rings. The maximum Gasteiger partial charge on any atom is 0.234 e. The van der Waals surface area contributed by atoms with Gasteiger partial charge >= 0.3 is 0 Å². The fourth-order valence-corrected chi connectivity index (χ4v) is 3.22. The molecule has 2 N–H and O–H groups in total. The molecule has 1 fully saturated rings. The molecule has 1 saturated heterocycles. The summed E-state index contributed by atoms with van der Waals surface area (Å²) >= 11 is 0. The monoisotopic (exact) mass is 330 g/mol. The van der Waals surface area contributed by atoms with E-state index in [1.165, 1.54) is 0 Å². The quantitative estimate of drug-likeness (QED) is 0.841. The van der Waals surface area contributed by atoms with Gasteiger partial charge in [-0.1, -0.05) is 0 Å². The van der Waals surface area contributed by atoms with Crippen LogP contribution in [0.4, 0.5) is 0 Å². The highest BCUT2D eigenvalue weighted by molar-refractivity contribution is 5.82. The van der Waals surface area contributed by atoms with E-state index in [0.717, 1.165) is 41.9 Å². The Morgan fingerprint density at radius 1 is 1.42 bits per heavy atom. The van der Waals surface area contributed by atoms with Crippen LogP contribution in [-0.4, -0.2) is 67.6 Å². The first-order chi connectivity index (χ1) is 11.5. The number of fused-ring (bicyclic) bond motifs is 1. The summed E-state index contributed by atoms with van der Waals surface area (Å²) in [5.41, 5.74) is 2.05. The number of benzene rings is 1. The number of methoxy groups -OCH3 is 1. The van der Waals surface area contributed by atoms with Gasteiger partial charge in [0, 0.05) is 35.7 Å². The predicted molar refractivity (Wildman–Crippen MR) is 95.2 cm³/mol. The number of carbonyl (C=O) groups is 1. The Morgan fingerprint density at radius 2 is 2.25 bits per heavy atom. The van der Waals surface area contributed by atoms with E-state index in [2.05, 4.69) is 40.3 Å². The smallest absolute Gasteiger partial charge is 0.234 e. The molecule has 6 nitrogen and oxygen atoms in total. The molecule has 0 unspecified atom stereocenters. The topological polar surface area (TPSA) is 60.6 Å². The van der Waals surface area contributed by atoms with Gasteiger partial charge in [0.25, 0.3) is 0 Å². The molecule has 1 aliphatic heterocycles. The number of ether oxygens (including phenoxy) is 1. The van der Waals surface area contributed by atoms with Crippen LogP contribution < -0.4 is 10.1 Å². The molecule has 0 saturated carbocycles. The minimum atomic E-state index is 0.0747. The molecular weight excluding hydrogens is 304 g/mol. The zero-order valence-electron chi connectivity index (χ0n) is 14.6. The number of nitrogens with one attached hydrogen (secondary N) is 2. The van der Waals surface area contributed by atoms with Crippen LogP contribution in [0.1, 0.15) is 12.1 Å². The Kier molecular flexibility index (Phi) is 5.06. The average Bonchev–Trinajstić information content (AvgIpc) is 3.18. The molecule has 130 valence electrons. The first-order valence-corrected chi connectivity index (χ1v) is 8.36. The molecule has 0 spiro atoms. The lowest BCUT2D eigenvalue weighted by molar-refractivity contribution is -0.122. The van der Waals surface area contributed by atoms with Crippen molar-refractivity contribution in [3.63, 3.8) is 0 Å². The maximum atomic E-state index is 12.2. The van der Waals surface area contributed by atoms with E-state index in [0.29, 0.717) is 19.1 Å². The summed E-state index contributed by atoms with van der Waals surface area (Å²) in [5, 5.41) is 4.09. The van der Waals surface area contributed by atoms with Gasteiger partial charge in [0.05, 0.1) is 20.2 Å². The number of likely N-dealkylation sites (tertiary alicyclic amines) is 1. The van der Waals surface area contributed by atoms with E-state index >= 15 is 0 Å². The highest BCUT2D eigenvalue weighted by Crippen LogP contribution is 2.21. The number of nitrogens with zero attached hydrogens (tertiary/aromatic N) is 2. The number of carbonyl (C=O) groups excluding carboxylic acids is 1. The number of likely N-dealkylation sites (N-methyl/N-ethyl adjacent to an activating group) is 1.